The van der Waals surface area contributed by atoms with Crippen molar-refractivity contribution in [2.45, 2.75) is 19.9 Å². The third kappa shape index (κ3) is 6.97. The molecule has 0 radical (unpaired) electrons. The number of carbonyl (C=O) groups is 1. The van der Waals surface area contributed by atoms with E-state index in [9.17, 15) is 9.59 Å². The Morgan fingerprint density at radius 3 is 2.40 bits per heavy atom. The van der Waals surface area contributed by atoms with E-state index in [4.69, 9.17) is 37.4 Å². The molecule has 11 nitrogen and oxygen atoms in total. The summed E-state index contributed by atoms with van der Waals surface area (Å²) < 4.78 is 17.9. The lowest BCUT2D eigenvalue weighted by molar-refractivity contribution is -0.127. The number of anilines is 1. The number of benzene rings is 1. The van der Waals surface area contributed by atoms with E-state index in [1.807, 2.05) is 6.92 Å². The summed E-state index contributed by atoms with van der Waals surface area (Å²) in [5.41, 5.74) is 0.784. The van der Waals surface area contributed by atoms with Crippen molar-refractivity contribution in [3.8, 4) is 22.6 Å². The molecule has 42 heavy (non-hydrogen) atoms. The van der Waals surface area contributed by atoms with Crippen LogP contribution in [0.2, 0.25) is 10.0 Å². The molecule has 226 valence electrons. The van der Waals surface area contributed by atoms with Gasteiger partial charge in [0.25, 0.3) is 5.56 Å². The number of aryl methyl sites for hydroxylation is 1. The maximum Gasteiger partial charge on any atom is 0.260 e. The van der Waals surface area contributed by atoms with E-state index in [1.165, 1.54) is 20.3 Å². The van der Waals surface area contributed by atoms with E-state index in [0.29, 0.717) is 79.9 Å². The first kappa shape index (κ1) is 31.6. The molecule has 1 fully saturated rings. The van der Waals surface area contributed by atoms with Crippen LogP contribution in [0.15, 0.2) is 35.8 Å². The zero-order valence-electron chi connectivity index (χ0n) is 24.1. The minimum Gasteiger partial charge on any atom is -0.495 e. The van der Waals surface area contributed by atoms with Crippen molar-refractivity contribution < 1.29 is 19.0 Å². The summed E-state index contributed by atoms with van der Waals surface area (Å²) in [6, 6.07) is 3.28. The highest BCUT2D eigenvalue weighted by Gasteiger charge is 2.24. The number of rotatable bonds is 13. The second-order valence-electron chi connectivity index (χ2n) is 9.62. The number of piperazine rings is 1. The number of aromatic nitrogens is 3. The molecule has 0 atom stereocenters. The number of methoxy groups -OCH3 is 2. The average molecular weight is 620 g/mol. The van der Waals surface area contributed by atoms with Crippen LogP contribution in [0.5, 0.6) is 11.5 Å². The Balaban J connectivity index is 1.69. The molecule has 1 aromatic carbocycles. The lowest BCUT2D eigenvalue weighted by Gasteiger charge is -2.34. The largest absolute Gasteiger partial charge is 0.495 e. The number of pyridine rings is 1. The molecule has 0 saturated carbocycles. The number of hydrogen-bond acceptors (Lipinski definition) is 9. The molecule has 0 unspecified atom stereocenters. The molecule has 3 heterocycles. The van der Waals surface area contributed by atoms with Gasteiger partial charge in [0.1, 0.15) is 17.1 Å². The first-order chi connectivity index (χ1) is 20.3. The van der Waals surface area contributed by atoms with Crippen molar-refractivity contribution in [1.29, 1.82) is 0 Å². The molecule has 4 rings (SSSR count). The van der Waals surface area contributed by atoms with Gasteiger partial charge in [-0.15, -0.1) is 0 Å². The van der Waals surface area contributed by atoms with Gasteiger partial charge >= 0.3 is 0 Å². The van der Waals surface area contributed by atoms with Crippen LogP contribution in [-0.4, -0.2) is 96.9 Å². The van der Waals surface area contributed by atoms with E-state index in [-0.39, 0.29) is 27.1 Å². The van der Waals surface area contributed by atoms with E-state index in [0.717, 1.165) is 19.6 Å². The number of halogens is 2. The summed E-state index contributed by atoms with van der Waals surface area (Å²) in [5, 5.41) is 4.20. The van der Waals surface area contributed by atoms with Gasteiger partial charge in [0.15, 0.2) is 0 Å². The predicted octanol–water partition coefficient (Wildman–Crippen LogP) is 3.95. The second-order valence-corrected chi connectivity index (χ2v) is 10.4. The molecule has 0 bridgehead atoms. The SMILES string of the molecule is C=CC(=O)N1CCN(CCCn2c(=O)c(-c3c(Cl)c(OC)cc(OC)c3Cl)cc3cnc(NCCOCC)nc32)CC1. The Bertz CT molecular complexity index is 1460. The van der Waals surface area contributed by atoms with Crippen LogP contribution in [0.4, 0.5) is 5.95 Å². The molecule has 0 aliphatic carbocycles. The van der Waals surface area contributed by atoms with E-state index >= 15 is 0 Å². The van der Waals surface area contributed by atoms with Crippen molar-refractivity contribution >= 4 is 46.1 Å². The number of carbonyl (C=O) groups excluding carboxylic acids is 1. The summed E-state index contributed by atoms with van der Waals surface area (Å²) in [6.07, 6.45) is 3.69. The fraction of sp³-hybridized carbons (Fsp3) is 0.448. The number of amides is 1. The number of fused-ring (bicyclic) bond motifs is 1. The maximum absolute atomic E-state index is 14.1. The first-order valence-corrected chi connectivity index (χ1v) is 14.5. The Morgan fingerprint density at radius 2 is 1.79 bits per heavy atom. The molecular formula is C29H36Cl2N6O5. The van der Waals surface area contributed by atoms with Gasteiger partial charge in [0.2, 0.25) is 11.9 Å². The Labute approximate surface area is 255 Å². The van der Waals surface area contributed by atoms with Gasteiger partial charge in [0.05, 0.1) is 36.4 Å². The summed E-state index contributed by atoms with van der Waals surface area (Å²) >= 11 is 13.4. The molecule has 1 saturated heterocycles. The third-order valence-electron chi connectivity index (χ3n) is 7.12. The fourth-order valence-electron chi connectivity index (χ4n) is 4.91. The molecule has 1 N–H and O–H groups in total. The first-order valence-electron chi connectivity index (χ1n) is 13.8. The topological polar surface area (TPSA) is 111 Å². The number of nitrogens with zero attached hydrogens (tertiary/aromatic N) is 5. The van der Waals surface area contributed by atoms with Crippen molar-refractivity contribution in [2.75, 3.05) is 72.0 Å². The van der Waals surface area contributed by atoms with Crippen LogP contribution in [0.1, 0.15) is 13.3 Å². The number of nitrogens with one attached hydrogen (secondary N) is 1. The Morgan fingerprint density at radius 1 is 1.10 bits per heavy atom. The summed E-state index contributed by atoms with van der Waals surface area (Å²) in [6.45, 7) is 11.1. The number of hydrogen-bond donors (Lipinski definition) is 1. The highest BCUT2D eigenvalue weighted by atomic mass is 35.5. The molecule has 1 amide bonds. The van der Waals surface area contributed by atoms with E-state index < -0.39 is 0 Å². The van der Waals surface area contributed by atoms with Gasteiger partial charge in [-0.25, -0.2) is 4.98 Å². The summed E-state index contributed by atoms with van der Waals surface area (Å²) in [5.74, 6) is 1.00. The van der Waals surface area contributed by atoms with Gasteiger partial charge in [-0.05, 0) is 32.0 Å². The van der Waals surface area contributed by atoms with Crippen molar-refractivity contribution in [1.82, 2.24) is 24.3 Å². The highest BCUT2D eigenvalue weighted by Crippen LogP contribution is 2.45. The average Bonchev–Trinajstić information content (AvgIpc) is 3.01. The second kappa shape index (κ2) is 14.7. The molecule has 3 aromatic rings. The van der Waals surface area contributed by atoms with Gasteiger partial charge in [-0.1, -0.05) is 29.8 Å². The molecule has 1 aliphatic rings. The molecule has 13 heteroatoms. The Kier molecular flexibility index (Phi) is 11.0. The molecule has 1 aliphatic heterocycles. The molecule has 2 aromatic heterocycles. The van der Waals surface area contributed by atoms with Gasteiger partial charge in [0, 0.05) is 69.1 Å². The lowest BCUT2D eigenvalue weighted by atomic mass is 10.0. The lowest BCUT2D eigenvalue weighted by Crippen LogP contribution is -2.48. The van der Waals surface area contributed by atoms with Crippen molar-refractivity contribution in [3.05, 3.63) is 51.4 Å². The summed E-state index contributed by atoms with van der Waals surface area (Å²) in [7, 11) is 2.97. The Hall–Kier alpha value is -3.38. The molecule has 0 spiro atoms. The molecular weight excluding hydrogens is 583 g/mol. The van der Waals surface area contributed by atoms with Crippen LogP contribution >= 0.6 is 23.2 Å². The van der Waals surface area contributed by atoms with Gasteiger partial charge in [-0.2, -0.15) is 4.98 Å². The minimum absolute atomic E-state index is 0.0543. The van der Waals surface area contributed by atoms with Gasteiger partial charge < -0.3 is 24.4 Å². The zero-order chi connectivity index (χ0) is 30.2. The van der Waals surface area contributed by atoms with Crippen molar-refractivity contribution in [2.24, 2.45) is 0 Å². The third-order valence-corrected chi connectivity index (χ3v) is 7.87. The minimum atomic E-state index is -0.304. The van der Waals surface area contributed by atoms with Crippen LogP contribution < -0.4 is 20.3 Å². The maximum atomic E-state index is 14.1. The normalized spacial score (nSPS) is 13.8. The van der Waals surface area contributed by atoms with Gasteiger partial charge in [-0.3, -0.25) is 19.1 Å². The predicted molar refractivity (Wildman–Crippen MR) is 165 cm³/mol. The van der Waals surface area contributed by atoms with Crippen LogP contribution in [-0.2, 0) is 16.1 Å². The van der Waals surface area contributed by atoms with Crippen LogP contribution in [0.25, 0.3) is 22.2 Å². The number of ether oxygens (including phenoxy) is 3. The fourth-order valence-corrected chi connectivity index (χ4v) is 5.61. The van der Waals surface area contributed by atoms with E-state index in [2.05, 4.69) is 26.8 Å². The van der Waals surface area contributed by atoms with Crippen LogP contribution in [0.3, 0.4) is 0 Å². The highest BCUT2D eigenvalue weighted by molar-refractivity contribution is 6.41. The van der Waals surface area contributed by atoms with Crippen LogP contribution in [0, 0.1) is 0 Å². The monoisotopic (exact) mass is 618 g/mol. The standard InChI is InChI=1S/C29H36Cl2N6O5/c1-5-23(38)36-13-11-35(12-14-36)9-7-10-37-27-19(18-33-29(34-27)32-8-15-42-6-2)16-20(28(37)39)24-25(30)21(40-3)17-22(41-4)26(24)31/h5,16-18H,1,6-15H2,2-4H3,(H,32,33,34). The zero-order valence-corrected chi connectivity index (χ0v) is 25.6. The van der Waals surface area contributed by atoms with Crippen molar-refractivity contribution in [3.63, 3.8) is 0 Å². The summed E-state index contributed by atoms with van der Waals surface area (Å²) in [4.78, 5) is 39.3. The van der Waals surface area contributed by atoms with E-state index in [1.54, 1.807) is 27.8 Å². The quantitative estimate of drug-likeness (QED) is 0.225. The smallest absolute Gasteiger partial charge is 0.260 e.